The SMILES string of the molecule is C[C@H]1CN[C@]12CCNC2. The van der Waals surface area contributed by atoms with Crippen LogP contribution >= 0.6 is 0 Å². The minimum atomic E-state index is 0.514. The number of hydrogen-bond donors (Lipinski definition) is 2. The van der Waals surface area contributed by atoms with E-state index in [2.05, 4.69) is 17.6 Å². The summed E-state index contributed by atoms with van der Waals surface area (Å²) in [4.78, 5) is 0. The van der Waals surface area contributed by atoms with E-state index in [0.29, 0.717) is 5.54 Å². The summed E-state index contributed by atoms with van der Waals surface area (Å²) in [5, 5.41) is 6.89. The maximum Gasteiger partial charge on any atom is 0.0356 e. The van der Waals surface area contributed by atoms with Gasteiger partial charge in [0.05, 0.1) is 0 Å². The normalized spacial score (nSPS) is 49.7. The first-order valence-electron chi connectivity index (χ1n) is 3.79. The fourth-order valence-electron chi connectivity index (χ4n) is 1.88. The molecule has 0 aliphatic carbocycles. The van der Waals surface area contributed by atoms with Gasteiger partial charge in [0.1, 0.15) is 0 Å². The second kappa shape index (κ2) is 1.70. The lowest BCUT2D eigenvalue weighted by Crippen LogP contribution is -2.65. The van der Waals surface area contributed by atoms with Gasteiger partial charge in [-0.25, -0.2) is 0 Å². The minimum Gasteiger partial charge on any atom is -0.315 e. The number of hydrogen-bond acceptors (Lipinski definition) is 2. The molecule has 0 bridgehead atoms. The van der Waals surface area contributed by atoms with E-state index in [1.807, 2.05) is 0 Å². The topological polar surface area (TPSA) is 24.1 Å². The lowest BCUT2D eigenvalue weighted by molar-refractivity contribution is 0.136. The Hall–Kier alpha value is -0.0800. The molecule has 2 aliphatic rings. The first-order chi connectivity index (χ1) is 4.33. The van der Waals surface area contributed by atoms with Gasteiger partial charge in [0.25, 0.3) is 0 Å². The van der Waals surface area contributed by atoms with Crippen molar-refractivity contribution in [1.82, 2.24) is 10.6 Å². The van der Waals surface area contributed by atoms with Crippen LogP contribution in [-0.4, -0.2) is 25.2 Å². The van der Waals surface area contributed by atoms with E-state index in [4.69, 9.17) is 0 Å². The quantitative estimate of drug-likeness (QED) is 0.476. The van der Waals surface area contributed by atoms with Crippen molar-refractivity contribution in [2.45, 2.75) is 18.9 Å². The van der Waals surface area contributed by atoms with Crippen LogP contribution in [0, 0.1) is 5.92 Å². The highest BCUT2D eigenvalue weighted by Gasteiger charge is 2.45. The highest BCUT2D eigenvalue weighted by atomic mass is 15.1. The van der Waals surface area contributed by atoms with E-state index in [0.717, 1.165) is 5.92 Å². The first kappa shape index (κ1) is 5.69. The molecule has 0 aromatic rings. The standard InChI is InChI=1S/C7H14N2/c1-6-4-9-7(6)2-3-8-5-7/h6,8-9H,2-5H2,1H3/t6-,7-/m0/s1. The second-order valence-electron chi connectivity index (χ2n) is 3.36. The van der Waals surface area contributed by atoms with Gasteiger partial charge in [0, 0.05) is 18.6 Å². The predicted octanol–water partition coefficient (Wildman–Crippen LogP) is -0.0422. The third-order valence-electron chi connectivity index (χ3n) is 2.89. The van der Waals surface area contributed by atoms with Crippen LogP contribution in [0.25, 0.3) is 0 Å². The van der Waals surface area contributed by atoms with Crippen molar-refractivity contribution in [1.29, 1.82) is 0 Å². The summed E-state index contributed by atoms with van der Waals surface area (Å²) in [5.74, 6) is 0.896. The molecule has 0 aromatic heterocycles. The van der Waals surface area contributed by atoms with Crippen LogP contribution in [0.15, 0.2) is 0 Å². The van der Waals surface area contributed by atoms with E-state index in [-0.39, 0.29) is 0 Å². The molecule has 2 fully saturated rings. The maximum atomic E-state index is 3.51. The van der Waals surface area contributed by atoms with Gasteiger partial charge < -0.3 is 10.6 Å². The van der Waals surface area contributed by atoms with Gasteiger partial charge in [-0.3, -0.25) is 0 Å². The van der Waals surface area contributed by atoms with Crippen LogP contribution in [-0.2, 0) is 0 Å². The molecule has 0 saturated carbocycles. The average molecular weight is 126 g/mol. The number of rotatable bonds is 0. The van der Waals surface area contributed by atoms with Crippen LogP contribution in [0.4, 0.5) is 0 Å². The summed E-state index contributed by atoms with van der Waals surface area (Å²) < 4.78 is 0. The van der Waals surface area contributed by atoms with Crippen molar-refractivity contribution in [2.24, 2.45) is 5.92 Å². The highest BCUT2D eigenvalue weighted by Crippen LogP contribution is 2.30. The Labute approximate surface area is 56.0 Å². The molecule has 2 heteroatoms. The van der Waals surface area contributed by atoms with Gasteiger partial charge in [-0.05, 0) is 18.9 Å². The van der Waals surface area contributed by atoms with Gasteiger partial charge in [-0.15, -0.1) is 0 Å². The number of nitrogens with one attached hydrogen (secondary N) is 2. The summed E-state index contributed by atoms with van der Waals surface area (Å²) in [7, 11) is 0. The Kier molecular flexibility index (Phi) is 1.08. The van der Waals surface area contributed by atoms with Gasteiger partial charge >= 0.3 is 0 Å². The molecule has 0 unspecified atom stereocenters. The molecule has 2 aliphatic heterocycles. The molecule has 2 saturated heterocycles. The fraction of sp³-hybridized carbons (Fsp3) is 1.00. The molecule has 2 nitrogen and oxygen atoms in total. The molecule has 52 valence electrons. The molecule has 2 rings (SSSR count). The van der Waals surface area contributed by atoms with Crippen LogP contribution in [0.2, 0.25) is 0 Å². The summed E-state index contributed by atoms with van der Waals surface area (Å²) in [5.41, 5.74) is 0.514. The third kappa shape index (κ3) is 0.634. The predicted molar refractivity (Wildman–Crippen MR) is 37.4 cm³/mol. The molecule has 9 heavy (non-hydrogen) atoms. The van der Waals surface area contributed by atoms with Crippen molar-refractivity contribution < 1.29 is 0 Å². The van der Waals surface area contributed by atoms with E-state index < -0.39 is 0 Å². The Balaban J connectivity index is 2.06. The molecular formula is C7H14N2. The summed E-state index contributed by atoms with van der Waals surface area (Å²) in [6, 6.07) is 0. The van der Waals surface area contributed by atoms with Crippen LogP contribution in [0.3, 0.4) is 0 Å². The van der Waals surface area contributed by atoms with Crippen LogP contribution in [0.5, 0.6) is 0 Å². The lowest BCUT2D eigenvalue weighted by Gasteiger charge is -2.46. The minimum absolute atomic E-state index is 0.514. The molecule has 2 N–H and O–H groups in total. The largest absolute Gasteiger partial charge is 0.315 e. The molecule has 2 heterocycles. The summed E-state index contributed by atoms with van der Waals surface area (Å²) in [6.45, 7) is 5.96. The monoisotopic (exact) mass is 126 g/mol. The zero-order valence-corrected chi connectivity index (χ0v) is 5.91. The molecule has 1 spiro atoms. The van der Waals surface area contributed by atoms with Crippen molar-refractivity contribution >= 4 is 0 Å². The summed E-state index contributed by atoms with van der Waals surface area (Å²) in [6.07, 6.45) is 1.33. The van der Waals surface area contributed by atoms with Crippen LogP contribution in [0.1, 0.15) is 13.3 Å². The molecule has 0 aromatic carbocycles. The third-order valence-corrected chi connectivity index (χ3v) is 2.89. The average Bonchev–Trinajstić information content (AvgIpc) is 2.34. The van der Waals surface area contributed by atoms with Gasteiger partial charge in [0.2, 0.25) is 0 Å². The second-order valence-corrected chi connectivity index (χ2v) is 3.36. The van der Waals surface area contributed by atoms with Gasteiger partial charge in [-0.1, -0.05) is 6.92 Å². The lowest BCUT2D eigenvalue weighted by atomic mass is 9.77. The van der Waals surface area contributed by atoms with Crippen molar-refractivity contribution in [3.05, 3.63) is 0 Å². The van der Waals surface area contributed by atoms with E-state index in [1.54, 1.807) is 0 Å². The van der Waals surface area contributed by atoms with Gasteiger partial charge in [0.15, 0.2) is 0 Å². The zero-order valence-electron chi connectivity index (χ0n) is 5.91. The smallest absolute Gasteiger partial charge is 0.0356 e. The maximum absolute atomic E-state index is 3.51. The van der Waals surface area contributed by atoms with Crippen molar-refractivity contribution in [3.63, 3.8) is 0 Å². The van der Waals surface area contributed by atoms with E-state index >= 15 is 0 Å². The Morgan fingerprint density at radius 1 is 1.56 bits per heavy atom. The highest BCUT2D eigenvalue weighted by molar-refractivity contribution is 5.06. The van der Waals surface area contributed by atoms with Crippen molar-refractivity contribution in [2.75, 3.05) is 19.6 Å². The molecular weight excluding hydrogens is 112 g/mol. The van der Waals surface area contributed by atoms with E-state index in [9.17, 15) is 0 Å². The summed E-state index contributed by atoms with van der Waals surface area (Å²) >= 11 is 0. The molecule has 0 amide bonds. The molecule has 0 radical (unpaired) electrons. The first-order valence-corrected chi connectivity index (χ1v) is 3.79. The Bertz CT molecular complexity index is 116. The van der Waals surface area contributed by atoms with Crippen LogP contribution < -0.4 is 10.6 Å². The van der Waals surface area contributed by atoms with Gasteiger partial charge in [-0.2, -0.15) is 0 Å². The van der Waals surface area contributed by atoms with Crippen molar-refractivity contribution in [3.8, 4) is 0 Å². The Morgan fingerprint density at radius 3 is 2.67 bits per heavy atom. The Morgan fingerprint density at radius 2 is 2.44 bits per heavy atom. The molecule has 2 atom stereocenters. The zero-order chi connectivity index (χ0) is 6.32. The van der Waals surface area contributed by atoms with E-state index in [1.165, 1.54) is 26.1 Å². The fourth-order valence-corrected chi connectivity index (χ4v) is 1.88.